The number of imide groups is 2. The molecule has 0 saturated carbocycles. The maximum absolute atomic E-state index is 11.8. The fourth-order valence-corrected chi connectivity index (χ4v) is 1.78. The van der Waals surface area contributed by atoms with Crippen LogP contribution in [-0.2, 0) is 9.59 Å². The highest BCUT2D eigenvalue weighted by atomic mass is 16.2. The van der Waals surface area contributed by atoms with Crippen LogP contribution in [-0.4, -0.2) is 17.8 Å². The molecule has 0 aliphatic carbocycles. The minimum Gasteiger partial charge on any atom is -0.277 e. The molecule has 0 spiro atoms. The summed E-state index contributed by atoms with van der Waals surface area (Å²) in [5, 5.41) is 4.19. The standard InChI is InChI=1S/C11H14N2O3/c1-4-6-11(7(3)5-2)8(14)12-10(16)13-9(11)15/h4-5,7H,1-2,6H2,3H3,(H2,12,13,14,15,16)/t7-/m1/s1. The van der Waals surface area contributed by atoms with Crippen molar-refractivity contribution in [3.05, 3.63) is 25.3 Å². The van der Waals surface area contributed by atoms with Gasteiger partial charge in [-0.3, -0.25) is 20.2 Å². The van der Waals surface area contributed by atoms with Gasteiger partial charge in [-0.25, -0.2) is 4.79 Å². The molecule has 0 aromatic rings. The maximum Gasteiger partial charge on any atom is 0.328 e. The molecule has 0 radical (unpaired) electrons. The molecule has 5 heteroatoms. The summed E-state index contributed by atoms with van der Waals surface area (Å²) >= 11 is 0. The predicted molar refractivity (Wildman–Crippen MR) is 58.3 cm³/mol. The Labute approximate surface area is 93.6 Å². The first-order valence-corrected chi connectivity index (χ1v) is 4.89. The van der Waals surface area contributed by atoms with Crippen LogP contribution in [0.15, 0.2) is 25.3 Å². The average Bonchev–Trinajstić information content (AvgIpc) is 2.22. The molecule has 1 aliphatic rings. The summed E-state index contributed by atoms with van der Waals surface area (Å²) in [6.07, 6.45) is 3.15. The van der Waals surface area contributed by atoms with Gasteiger partial charge in [-0.1, -0.05) is 19.1 Å². The molecule has 1 aliphatic heterocycles. The number of allylic oxidation sites excluding steroid dienone is 2. The van der Waals surface area contributed by atoms with Gasteiger partial charge < -0.3 is 0 Å². The number of carbonyl (C=O) groups is 3. The van der Waals surface area contributed by atoms with Crippen molar-refractivity contribution in [1.82, 2.24) is 10.6 Å². The number of carbonyl (C=O) groups excluding carboxylic acids is 3. The van der Waals surface area contributed by atoms with E-state index in [0.717, 1.165) is 0 Å². The zero-order chi connectivity index (χ0) is 12.3. The Hall–Kier alpha value is -1.91. The summed E-state index contributed by atoms with van der Waals surface area (Å²) in [5.74, 6) is -1.60. The lowest BCUT2D eigenvalue weighted by Gasteiger charge is -2.36. The average molecular weight is 222 g/mol. The number of urea groups is 1. The highest BCUT2D eigenvalue weighted by Crippen LogP contribution is 2.35. The summed E-state index contributed by atoms with van der Waals surface area (Å²) in [4.78, 5) is 34.6. The van der Waals surface area contributed by atoms with Crippen LogP contribution in [0.1, 0.15) is 13.3 Å². The van der Waals surface area contributed by atoms with Crippen LogP contribution in [0.25, 0.3) is 0 Å². The lowest BCUT2D eigenvalue weighted by molar-refractivity contribution is -0.146. The SMILES string of the molecule is C=CCC1([C@H](C)C=C)C(=O)NC(=O)NC1=O. The first kappa shape index (κ1) is 12.2. The van der Waals surface area contributed by atoms with Crippen molar-refractivity contribution < 1.29 is 14.4 Å². The lowest BCUT2D eigenvalue weighted by Crippen LogP contribution is -2.64. The van der Waals surface area contributed by atoms with Gasteiger partial charge in [0.1, 0.15) is 5.41 Å². The fourth-order valence-electron chi connectivity index (χ4n) is 1.78. The van der Waals surface area contributed by atoms with Gasteiger partial charge in [0.25, 0.3) is 0 Å². The van der Waals surface area contributed by atoms with E-state index in [1.54, 1.807) is 6.92 Å². The highest BCUT2D eigenvalue weighted by molar-refractivity contribution is 6.19. The molecule has 16 heavy (non-hydrogen) atoms. The molecule has 1 saturated heterocycles. The molecule has 0 aromatic carbocycles. The predicted octanol–water partition coefficient (Wildman–Crippen LogP) is 0.737. The highest BCUT2D eigenvalue weighted by Gasteiger charge is 2.52. The van der Waals surface area contributed by atoms with E-state index in [-0.39, 0.29) is 6.42 Å². The van der Waals surface area contributed by atoms with Gasteiger partial charge in [-0.05, 0) is 12.3 Å². The van der Waals surface area contributed by atoms with Gasteiger partial charge >= 0.3 is 6.03 Å². The van der Waals surface area contributed by atoms with Gasteiger partial charge in [0.2, 0.25) is 11.8 Å². The van der Waals surface area contributed by atoms with Crippen molar-refractivity contribution in [2.75, 3.05) is 0 Å². The van der Waals surface area contributed by atoms with Crippen LogP contribution in [0, 0.1) is 11.3 Å². The van der Waals surface area contributed by atoms with Gasteiger partial charge in [0.05, 0.1) is 0 Å². The quantitative estimate of drug-likeness (QED) is 0.544. The minimum absolute atomic E-state index is 0.158. The zero-order valence-electron chi connectivity index (χ0n) is 9.08. The Kier molecular flexibility index (Phi) is 3.27. The molecule has 1 fully saturated rings. The molecule has 0 aromatic heterocycles. The van der Waals surface area contributed by atoms with Gasteiger partial charge in [0, 0.05) is 0 Å². The Morgan fingerprint density at radius 3 is 2.12 bits per heavy atom. The summed E-state index contributed by atoms with van der Waals surface area (Å²) in [5.41, 5.74) is -1.32. The second-order valence-corrected chi connectivity index (χ2v) is 3.73. The van der Waals surface area contributed by atoms with Gasteiger partial charge in [-0.2, -0.15) is 0 Å². The van der Waals surface area contributed by atoms with Gasteiger partial charge in [0.15, 0.2) is 0 Å². The van der Waals surface area contributed by atoms with E-state index in [2.05, 4.69) is 23.8 Å². The van der Waals surface area contributed by atoms with E-state index in [9.17, 15) is 14.4 Å². The number of hydrogen-bond donors (Lipinski definition) is 2. The Bertz CT molecular complexity index is 353. The molecule has 1 atom stereocenters. The van der Waals surface area contributed by atoms with E-state index >= 15 is 0 Å². The summed E-state index contributed by atoms with van der Waals surface area (Å²) in [6.45, 7) is 8.80. The van der Waals surface area contributed by atoms with Crippen LogP contribution in [0.3, 0.4) is 0 Å². The Balaban J connectivity index is 3.21. The van der Waals surface area contributed by atoms with Crippen molar-refractivity contribution in [1.29, 1.82) is 0 Å². The van der Waals surface area contributed by atoms with Crippen LogP contribution in [0.5, 0.6) is 0 Å². The molecule has 0 bridgehead atoms. The van der Waals surface area contributed by atoms with E-state index in [4.69, 9.17) is 0 Å². The van der Waals surface area contributed by atoms with Crippen molar-refractivity contribution in [2.45, 2.75) is 13.3 Å². The van der Waals surface area contributed by atoms with E-state index in [0.29, 0.717) is 0 Å². The third-order valence-corrected chi connectivity index (χ3v) is 2.86. The van der Waals surface area contributed by atoms with Crippen LogP contribution in [0.4, 0.5) is 4.79 Å². The van der Waals surface area contributed by atoms with Crippen LogP contribution >= 0.6 is 0 Å². The fraction of sp³-hybridized carbons (Fsp3) is 0.364. The molecule has 0 unspecified atom stereocenters. The van der Waals surface area contributed by atoms with Crippen molar-refractivity contribution in [2.24, 2.45) is 11.3 Å². The number of rotatable bonds is 4. The number of barbiturate groups is 1. The van der Waals surface area contributed by atoms with Crippen LogP contribution < -0.4 is 10.6 Å². The van der Waals surface area contributed by atoms with E-state index in [1.807, 2.05) is 0 Å². The molecule has 2 N–H and O–H groups in total. The Morgan fingerprint density at radius 1 is 1.25 bits per heavy atom. The van der Waals surface area contributed by atoms with E-state index < -0.39 is 29.2 Å². The topological polar surface area (TPSA) is 75.3 Å². The van der Waals surface area contributed by atoms with E-state index in [1.165, 1.54) is 12.2 Å². The molecule has 4 amide bonds. The third-order valence-electron chi connectivity index (χ3n) is 2.86. The van der Waals surface area contributed by atoms with Crippen molar-refractivity contribution >= 4 is 17.8 Å². The minimum atomic E-state index is -1.32. The zero-order valence-corrected chi connectivity index (χ0v) is 9.08. The number of amides is 4. The summed E-state index contributed by atoms with van der Waals surface area (Å²) < 4.78 is 0. The second-order valence-electron chi connectivity index (χ2n) is 3.73. The van der Waals surface area contributed by atoms with Crippen LogP contribution in [0.2, 0.25) is 0 Å². The number of hydrogen-bond acceptors (Lipinski definition) is 3. The molecule has 1 rings (SSSR count). The normalized spacial score (nSPS) is 20.7. The Morgan fingerprint density at radius 2 is 1.75 bits per heavy atom. The first-order valence-electron chi connectivity index (χ1n) is 4.89. The van der Waals surface area contributed by atoms with Gasteiger partial charge in [-0.15, -0.1) is 13.2 Å². The smallest absolute Gasteiger partial charge is 0.277 e. The van der Waals surface area contributed by atoms with Crippen molar-refractivity contribution in [3.8, 4) is 0 Å². The summed E-state index contributed by atoms with van der Waals surface area (Å²) in [7, 11) is 0. The molecular formula is C11H14N2O3. The monoisotopic (exact) mass is 222 g/mol. The molecule has 5 nitrogen and oxygen atoms in total. The molecular weight excluding hydrogens is 208 g/mol. The largest absolute Gasteiger partial charge is 0.328 e. The molecule has 86 valence electrons. The third kappa shape index (κ3) is 1.64. The lowest BCUT2D eigenvalue weighted by atomic mass is 9.71. The maximum atomic E-state index is 11.8. The first-order chi connectivity index (χ1) is 7.48. The second kappa shape index (κ2) is 4.30. The summed E-state index contributed by atoms with van der Waals surface area (Å²) in [6, 6.07) is -0.786. The van der Waals surface area contributed by atoms with Crippen molar-refractivity contribution in [3.63, 3.8) is 0 Å². The number of nitrogens with one attached hydrogen (secondary N) is 2. The molecule has 1 heterocycles.